The predicted molar refractivity (Wildman–Crippen MR) is 138 cm³/mol. The molecular formula is C27H26O7P2. The summed E-state index contributed by atoms with van der Waals surface area (Å²) in [6, 6.07) is 35.1. The van der Waals surface area contributed by atoms with E-state index in [4.69, 9.17) is 17.9 Å². The molecule has 0 fully saturated rings. The molecule has 0 amide bonds. The van der Waals surface area contributed by atoms with Gasteiger partial charge in [-0.1, -0.05) is 97.1 Å². The summed E-state index contributed by atoms with van der Waals surface area (Å²) in [5, 5.41) is 0. The highest BCUT2D eigenvalue weighted by atomic mass is 31.3. The first-order valence-corrected chi connectivity index (χ1v) is 14.2. The maximum atomic E-state index is 13.6. The second-order valence-electron chi connectivity index (χ2n) is 7.92. The van der Waals surface area contributed by atoms with E-state index in [2.05, 4.69) is 0 Å². The molecule has 0 aromatic heterocycles. The molecule has 1 N–H and O–H groups in total. The summed E-state index contributed by atoms with van der Waals surface area (Å²) in [6.07, 6.45) is -0.840. The Bertz CT molecular complexity index is 1230. The number of hydrogen-bond acceptors (Lipinski definition) is 6. The average molecular weight is 524 g/mol. The molecule has 0 saturated heterocycles. The van der Waals surface area contributed by atoms with Gasteiger partial charge < -0.3 is 13.9 Å². The highest BCUT2D eigenvalue weighted by Gasteiger charge is 2.43. The van der Waals surface area contributed by atoms with Gasteiger partial charge in [0, 0.05) is 5.92 Å². The van der Waals surface area contributed by atoms with Crippen LogP contribution < -0.4 is 9.05 Å². The standard InChI is InChI=1S/C27H26O7P2/c1-22(27(23-14-6-2-7-15-23)24-16-8-3-9-17-24)31-35(28,29)34-36(30,32-25-18-10-4-11-19-25)33-26-20-12-5-13-21-26/h2-22,27H,1H3,(H,28,29). The number of hydrogen-bond donors (Lipinski definition) is 1. The fraction of sp³-hybridized carbons (Fsp3) is 0.111. The normalized spacial score (nSPS) is 14.1. The third-order valence-electron chi connectivity index (χ3n) is 5.21. The number of rotatable bonds is 11. The highest BCUT2D eigenvalue weighted by molar-refractivity contribution is 7.62. The molecule has 0 saturated carbocycles. The van der Waals surface area contributed by atoms with Gasteiger partial charge in [0.25, 0.3) is 0 Å². The van der Waals surface area contributed by atoms with Crippen LogP contribution in [-0.2, 0) is 18.0 Å². The molecule has 2 atom stereocenters. The molecule has 36 heavy (non-hydrogen) atoms. The van der Waals surface area contributed by atoms with Gasteiger partial charge in [-0.3, -0.25) is 4.52 Å². The van der Waals surface area contributed by atoms with Gasteiger partial charge in [-0.2, -0.15) is 4.31 Å². The van der Waals surface area contributed by atoms with Gasteiger partial charge >= 0.3 is 15.6 Å². The minimum Gasteiger partial charge on any atom is -0.395 e. The highest BCUT2D eigenvalue weighted by Crippen LogP contribution is 2.63. The van der Waals surface area contributed by atoms with Gasteiger partial charge in [0.05, 0.1) is 6.10 Å². The van der Waals surface area contributed by atoms with Crippen LogP contribution in [0.15, 0.2) is 121 Å². The van der Waals surface area contributed by atoms with E-state index in [9.17, 15) is 14.0 Å². The van der Waals surface area contributed by atoms with E-state index in [0.29, 0.717) is 0 Å². The summed E-state index contributed by atoms with van der Waals surface area (Å²) in [7, 11) is -9.61. The fourth-order valence-electron chi connectivity index (χ4n) is 3.74. The maximum Gasteiger partial charge on any atom is 0.596 e. The van der Waals surface area contributed by atoms with Crippen LogP contribution in [0.4, 0.5) is 0 Å². The Labute approximate surface area is 210 Å². The molecule has 7 nitrogen and oxygen atoms in total. The predicted octanol–water partition coefficient (Wildman–Crippen LogP) is 7.61. The zero-order valence-electron chi connectivity index (χ0n) is 19.5. The molecule has 9 heteroatoms. The lowest BCUT2D eigenvalue weighted by molar-refractivity contribution is 0.129. The lowest BCUT2D eigenvalue weighted by Gasteiger charge is -2.27. The molecule has 2 unspecified atom stereocenters. The monoisotopic (exact) mass is 524 g/mol. The zero-order valence-corrected chi connectivity index (χ0v) is 21.3. The summed E-state index contributed by atoms with van der Waals surface area (Å²) >= 11 is 0. The number of phosphoric ester groups is 2. The third-order valence-corrected chi connectivity index (χ3v) is 8.30. The molecule has 0 bridgehead atoms. The molecule has 0 radical (unpaired) electrons. The Morgan fingerprint density at radius 2 is 0.972 bits per heavy atom. The van der Waals surface area contributed by atoms with Crippen molar-refractivity contribution in [2.24, 2.45) is 0 Å². The van der Waals surface area contributed by atoms with Crippen molar-refractivity contribution in [3.05, 3.63) is 132 Å². The van der Waals surface area contributed by atoms with E-state index in [0.717, 1.165) is 11.1 Å². The van der Waals surface area contributed by atoms with Crippen LogP contribution in [0.1, 0.15) is 24.0 Å². The Hall–Kier alpha value is -3.18. The summed E-state index contributed by atoms with van der Waals surface area (Å²) in [5.74, 6) is -0.131. The van der Waals surface area contributed by atoms with Crippen molar-refractivity contribution in [1.82, 2.24) is 0 Å². The number of benzene rings is 4. The van der Waals surface area contributed by atoms with Crippen molar-refractivity contribution in [2.75, 3.05) is 0 Å². The van der Waals surface area contributed by atoms with E-state index in [-0.39, 0.29) is 11.5 Å². The molecule has 186 valence electrons. The summed E-state index contributed by atoms with van der Waals surface area (Å²) in [6.45, 7) is 1.65. The lowest BCUT2D eigenvalue weighted by atomic mass is 9.87. The van der Waals surface area contributed by atoms with E-state index >= 15 is 0 Å². The molecule has 0 heterocycles. The van der Waals surface area contributed by atoms with Gasteiger partial charge in [0.1, 0.15) is 11.5 Å². The first-order chi connectivity index (χ1) is 17.3. The fourth-order valence-corrected chi connectivity index (χ4v) is 6.52. The molecule has 0 aliphatic rings. The summed E-state index contributed by atoms with van der Waals surface area (Å²) in [4.78, 5) is 10.7. The van der Waals surface area contributed by atoms with Crippen molar-refractivity contribution < 1.29 is 31.9 Å². The average Bonchev–Trinajstić information content (AvgIpc) is 2.86. The molecule has 0 aliphatic carbocycles. The lowest BCUT2D eigenvalue weighted by Crippen LogP contribution is -2.20. The first kappa shape index (κ1) is 25.9. The number of phosphoric acid groups is 2. The topological polar surface area (TPSA) is 91.3 Å². The number of para-hydroxylation sites is 2. The first-order valence-electron chi connectivity index (χ1n) is 11.3. The molecule has 4 aromatic carbocycles. The second-order valence-corrected chi connectivity index (χ2v) is 11.0. The Balaban J connectivity index is 1.59. The second kappa shape index (κ2) is 11.7. The van der Waals surface area contributed by atoms with Crippen LogP contribution in [0.5, 0.6) is 11.5 Å². The van der Waals surface area contributed by atoms with E-state index in [1.165, 1.54) is 24.3 Å². The minimum atomic E-state index is -4.95. The van der Waals surface area contributed by atoms with E-state index < -0.39 is 27.7 Å². The molecule has 0 aliphatic heterocycles. The molecule has 4 rings (SSSR count). The Morgan fingerprint density at radius 3 is 1.36 bits per heavy atom. The quantitative estimate of drug-likeness (QED) is 0.202. The zero-order chi connectivity index (χ0) is 25.4. The van der Waals surface area contributed by atoms with Crippen molar-refractivity contribution in [2.45, 2.75) is 18.9 Å². The van der Waals surface area contributed by atoms with Gasteiger partial charge in [0.2, 0.25) is 0 Å². The minimum absolute atomic E-state index is 0.135. The molecule has 4 aromatic rings. The van der Waals surface area contributed by atoms with Crippen LogP contribution in [0.25, 0.3) is 0 Å². The smallest absolute Gasteiger partial charge is 0.395 e. The van der Waals surface area contributed by atoms with Crippen LogP contribution in [0, 0.1) is 0 Å². The molecule has 0 spiro atoms. The van der Waals surface area contributed by atoms with Gasteiger partial charge in [-0.15, -0.1) is 0 Å². The van der Waals surface area contributed by atoms with Crippen LogP contribution >= 0.6 is 15.6 Å². The van der Waals surface area contributed by atoms with Crippen molar-refractivity contribution in [3.8, 4) is 11.5 Å². The van der Waals surface area contributed by atoms with E-state index in [1.54, 1.807) is 43.3 Å². The third kappa shape index (κ3) is 7.17. The van der Waals surface area contributed by atoms with Crippen LogP contribution in [-0.4, -0.2) is 11.0 Å². The van der Waals surface area contributed by atoms with Crippen molar-refractivity contribution >= 4 is 15.6 Å². The molecular weight excluding hydrogens is 498 g/mol. The van der Waals surface area contributed by atoms with Gasteiger partial charge in [0.15, 0.2) is 0 Å². The van der Waals surface area contributed by atoms with Crippen LogP contribution in [0.3, 0.4) is 0 Å². The Kier molecular flexibility index (Phi) is 8.42. The van der Waals surface area contributed by atoms with Gasteiger partial charge in [-0.25, -0.2) is 9.13 Å². The van der Waals surface area contributed by atoms with Crippen molar-refractivity contribution in [3.63, 3.8) is 0 Å². The van der Waals surface area contributed by atoms with Gasteiger partial charge in [-0.05, 0) is 42.3 Å². The summed E-state index contributed by atoms with van der Waals surface area (Å²) < 4.78 is 48.3. The Morgan fingerprint density at radius 1 is 0.611 bits per heavy atom. The SMILES string of the molecule is CC(OP(=O)(O)OP(=O)(Oc1ccccc1)Oc1ccccc1)C(c1ccccc1)c1ccccc1. The van der Waals surface area contributed by atoms with Crippen LogP contribution in [0.2, 0.25) is 0 Å². The van der Waals surface area contributed by atoms with E-state index in [1.807, 2.05) is 60.7 Å². The summed E-state index contributed by atoms with van der Waals surface area (Å²) in [5.41, 5.74) is 1.75. The largest absolute Gasteiger partial charge is 0.596 e. The van der Waals surface area contributed by atoms with Crippen molar-refractivity contribution in [1.29, 1.82) is 0 Å². The maximum absolute atomic E-state index is 13.6.